The van der Waals surface area contributed by atoms with Crippen LogP contribution in [0.1, 0.15) is 33.6 Å². The maximum Gasteiger partial charge on any atom is 0.258 e. The summed E-state index contributed by atoms with van der Waals surface area (Å²) in [5.41, 5.74) is -0.0789. The Morgan fingerprint density at radius 3 is 2.24 bits per heavy atom. The normalized spacial score (nSPS) is 29.8. The van der Waals surface area contributed by atoms with Gasteiger partial charge in [-0.15, -0.1) is 0 Å². The molecule has 0 bridgehead atoms. The number of rotatable bonds is 2. The highest BCUT2D eigenvalue weighted by molar-refractivity contribution is 7.94. The van der Waals surface area contributed by atoms with Crippen molar-refractivity contribution in [3.8, 4) is 0 Å². The van der Waals surface area contributed by atoms with E-state index in [9.17, 15) is 13.2 Å². The molecule has 0 aromatic heterocycles. The molecule has 0 unspecified atom stereocenters. The second-order valence-corrected chi connectivity index (χ2v) is 8.30. The van der Waals surface area contributed by atoms with Crippen molar-refractivity contribution in [2.24, 2.45) is 5.41 Å². The third-order valence-corrected chi connectivity index (χ3v) is 6.35. The number of nitrogens with zero attached hydrogens (tertiary/aromatic N) is 1. The van der Waals surface area contributed by atoms with Gasteiger partial charge in [-0.3, -0.25) is 4.79 Å². The van der Waals surface area contributed by atoms with Gasteiger partial charge in [0, 0.05) is 6.54 Å². The highest BCUT2D eigenvalue weighted by atomic mass is 32.2. The molecule has 6 heteroatoms. The van der Waals surface area contributed by atoms with Crippen LogP contribution in [0.5, 0.6) is 0 Å². The minimum Gasteiger partial charge on any atom is -0.317 e. The quantitative estimate of drug-likeness (QED) is 0.777. The summed E-state index contributed by atoms with van der Waals surface area (Å²) in [5, 5.41) is 3.24. The van der Waals surface area contributed by atoms with Crippen LogP contribution in [0.4, 0.5) is 0 Å². The number of amides is 1. The van der Waals surface area contributed by atoms with Crippen LogP contribution in [0.2, 0.25) is 0 Å². The van der Waals surface area contributed by atoms with Gasteiger partial charge in [0.25, 0.3) is 15.9 Å². The van der Waals surface area contributed by atoms with E-state index < -0.39 is 14.8 Å². The van der Waals surface area contributed by atoms with Gasteiger partial charge in [-0.05, 0) is 45.2 Å². The molecule has 5 nitrogen and oxygen atoms in total. The summed E-state index contributed by atoms with van der Waals surface area (Å²) in [6, 6.07) is 0. The Morgan fingerprint density at radius 1 is 1.24 bits per heavy atom. The van der Waals surface area contributed by atoms with Crippen LogP contribution >= 0.6 is 0 Å². The van der Waals surface area contributed by atoms with Crippen molar-refractivity contribution in [2.45, 2.75) is 38.4 Å². The van der Waals surface area contributed by atoms with E-state index in [1.165, 1.54) is 13.8 Å². The van der Waals surface area contributed by atoms with Crippen LogP contribution in [0, 0.1) is 5.41 Å². The predicted octanol–water partition coefficient (Wildman–Crippen LogP) is 0.327. The molecule has 17 heavy (non-hydrogen) atoms. The number of hydrogen-bond donors (Lipinski definition) is 1. The van der Waals surface area contributed by atoms with Gasteiger partial charge >= 0.3 is 0 Å². The number of piperidine rings is 1. The number of nitrogens with one attached hydrogen (secondary N) is 1. The summed E-state index contributed by atoms with van der Waals surface area (Å²) in [7, 11) is -3.42. The summed E-state index contributed by atoms with van der Waals surface area (Å²) in [6.07, 6.45) is 1.82. The van der Waals surface area contributed by atoms with E-state index in [-0.39, 0.29) is 11.3 Å². The Balaban J connectivity index is 2.13. The Labute approximate surface area is 103 Å². The topological polar surface area (TPSA) is 66.5 Å². The van der Waals surface area contributed by atoms with E-state index in [0.717, 1.165) is 30.2 Å². The van der Waals surface area contributed by atoms with Gasteiger partial charge in [0.05, 0.1) is 0 Å². The van der Waals surface area contributed by atoms with E-state index in [4.69, 9.17) is 0 Å². The first-order chi connectivity index (χ1) is 7.71. The van der Waals surface area contributed by atoms with Crippen molar-refractivity contribution in [1.29, 1.82) is 0 Å². The molecule has 0 aromatic rings. The average molecular weight is 260 g/mol. The molecule has 2 aliphatic heterocycles. The lowest BCUT2D eigenvalue weighted by Gasteiger charge is -2.47. The van der Waals surface area contributed by atoms with Crippen molar-refractivity contribution in [1.82, 2.24) is 9.62 Å². The largest absolute Gasteiger partial charge is 0.317 e. The number of carbonyl (C=O) groups excluding carboxylic acids is 1. The first kappa shape index (κ1) is 12.8. The van der Waals surface area contributed by atoms with Crippen LogP contribution in [0.25, 0.3) is 0 Å². The van der Waals surface area contributed by atoms with Gasteiger partial charge in [-0.2, -0.15) is 0 Å². The molecule has 0 aliphatic carbocycles. The van der Waals surface area contributed by atoms with E-state index >= 15 is 0 Å². The molecule has 0 saturated carbocycles. The molecular weight excluding hydrogens is 240 g/mol. The van der Waals surface area contributed by atoms with E-state index in [2.05, 4.69) is 12.2 Å². The fourth-order valence-corrected chi connectivity index (χ4v) is 4.13. The summed E-state index contributed by atoms with van der Waals surface area (Å²) in [6.45, 7) is 7.13. The fraction of sp³-hybridized carbons (Fsp3) is 0.909. The Bertz CT molecular complexity index is 436. The monoisotopic (exact) mass is 260 g/mol. The third-order valence-electron chi connectivity index (χ3n) is 4.01. The van der Waals surface area contributed by atoms with Crippen molar-refractivity contribution in [3.05, 3.63) is 0 Å². The zero-order valence-corrected chi connectivity index (χ0v) is 11.4. The number of sulfonamides is 1. The Hall–Kier alpha value is -0.620. The van der Waals surface area contributed by atoms with E-state index in [0.29, 0.717) is 6.54 Å². The Morgan fingerprint density at radius 2 is 1.76 bits per heavy atom. The van der Waals surface area contributed by atoms with Crippen LogP contribution in [-0.2, 0) is 14.8 Å². The first-order valence-corrected chi connectivity index (χ1v) is 7.42. The average Bonchev–Trinajstić information content (AvgIpc) is 2.25. The molecule has 0 atom stereocenters. The minimum atomic E-state index is -3.42. The molecule has 0 spiro atoms. The first-order valence-electron chi connectivity index (χ1n) is 5.98. The molecule has 1 amide bonds. The second-order valence-electron chi connectivity index (χ2n) is 5.89. The van der Waals surface area contributed by atoms with Gasteiger partial charge < -0.3 is 5.32 Å². The lowest BCUT2D eigenvalue weighted by molar-refractivity contribution is -0.133. The maximum absolute atomic E-state index is 12.0. The highest BCUT2D eigenvalue weighted by Gasteiger charge is 2.61. The maximum atomic E-state index is 12.0. The number of hydrogen-bond acceptors (Lipinski definition) is 4. The van der Waals surface area contributed by atoms with Gasteiger partial charge in [-0.25, -0.2) is 12.7 Å². The molecule has 2 saturated heterocycles. The highest BCUT2D eigenvalue weighted by Crippen LogP contribution is 2.39. The SMILES string of the molecule is CC1(CN2C(=O)C(C)(C)S2(=O)=O)CCNCC1. The standard InChI is InChI=1S/C11H20N2O3S/c1-10(2)9(14)13(17(10,15)16)8-11(3)4-6-12-7-5-11/h12H,4-8H2,1-3H3. The molecular formula is C11H20N2O3S. The van der Waals surface area contributed by atoms with Crippen LogP contribution in [0.15, 0.2) is 0 Å². The molecule has 2 heterocycles. The van der Waals surface area contributed by atoms with Crippen molar-refractivity contribution < 1.29 is 13.2 Å². The molecule has 2 fully saturated rings. The van der Waals surface area contributed by atoms with E-state index in [1.54, 1.807) is 0 Å². The lowest BCUT2D eigenvalue weighted by Crippen LogP contribution is -2.69. The van der Waals surface area contributed by atoms with Gasteiger partial charge in [0.2, 0.25) is 0 Å². The molecule has 1 N–H and O–H groups in total. The van der Waals surface area contributed by atoms with Crippen molar-refractivity contribution in [2.75, 3.05) is 19.6 Å². The number of carbonyl (C=O) groups is 1. The third kappa shape index (κ3) is 1.78. The molecule has 2 rings (SSSR count). The summed E-state index contributed by atoms with van der Waals surface area (Å²) >= 11 is 0. The van der Waals surface area contributed by atoms with Crippen molar-refractivity contribution in [3.63, 3.8) is 0 Å². The summed E-state index contributed by atoms with van der Waals surface area (Å²) < 4.78 is 23.8. The van der Waals surface area contributed by atoms with Gasteiger partial charge in [0.15, 0.2) is 4.75 Å². The summed E-state index contributed by atoms with van der Waals surface area (Å²) in [5.74, 6) is -0.266. The molecule has 0 radical (unpaired) electrons. The van der Waals surface area contributed by atoms with Gasteiger partial charge in [0.1, 0.15) is 0 Å². The molecule has 2 aliphatic rings. The Kier molecular flexibility index (Phi) is 2.78. The smallest absolute Gasteiger partial charge is 0.258 e. The van der Waals surface area contributed by atoms with Gasteiger partial charge in [-0.1, -0.05) is 6.92 Å². The van der Waals surface area contributed by atoms with E-state index in [1.807, 2.05) is 0 Å². The van der Waals surface area contributed by atoms with Crippen LogP contribution in [-0.4, -0.2) is 43.0 Å². The fourth-order valence-electron chi connectivity index (χ4n) is 2.45. The zero-order valence-electron chi connectivity index (χ0n) is 10.6. The van der Waals surface area contributed by atoms with Crippen LogP contribution < -0.4 is 5.32 Å². The predicted molar refractivity (Wildman–Crippen MR) is 64.9 cm³/mol. The molecule has 0 aromatic carbocycles. The lowest BCUT2D eigenvalue weighted by atomic mass is 9.81. The van der Waals surface area contributed by atoms with Crippen LogP contribution in [0.3, 0.4) is 0 Å². The van der Waals surface area contributed by atoms with Crippen molar-refractivity contribution >= 4 is 15.9 Å². The summed E-state index contributed by atoms with van der Waals surface area (Å²) in [4.78, 5) is 11.8. The second kappa shape index (κ2) is 3.68. The zero-order chi connectivity index (χ0) is 12.9. The molecule has 98 valence electrons. The minimum absolute atomic E-state index is 0.0789.